The number of hydrogen-bond donors (Lipinski definition) is 1. The first-order valence-electron chi connectivity index (χ1n) is 10.8. The van der Waals surface area contributed by atoms with Gasteiger partial charge in [-0.1, -0.05) is 36.0 Å². The average molecular weight is 487 g/mol. The van der Waals surface area contributed by atoms with Gasteiger partial charge in [0.05, 0.1) is 20.5 Å². The fourth-order valence-electron chi connectivity index (χ4n) is 3.50. The van der Waals surface area contributed by atoms with Gasteiger partial charge in [-0.05, 0) is 48.9 Å². The Labute approximate surface area is 205 Å². The summed E-state index contributed by atoms with van der Waals surface area (Å²) in [6, 6.07) is 19.9. The van der Waals surface area contributed by atoms with Gasteiger partial charge in [0.2, 0.25) is 5.91 Å². The van der Waals surface area contributed by atoms with Crippen molar-refractivity contribution in [2.45, 2.75) is 23.8 Å². The van der Waals surface area contributed by atoms with Gasteiger partial charge in [0.1, 0.15) is 0 Å². The van der Waals surface area contributed by atoms with Crippen LogP contribution in [0.15, 0.2) is 78.2 Å². The van der Waals surface area contributed by atoms with E-state index >= 15 is 0 Å². The molecule has 1 unspecified atom stereocenters. The number of nitrogens with zero attached hydrogens (tertiary/aromatic N) is 5. The second-order valence-corrected chi connectivity index (χ2v) is 10.2. The maximum atomic E-state index is 12.8. The third-order valence-corrected chi connectivity index (χ3v) is 7.51. The van der Waals surface area contributed by atoms with Crippen LogP contribution in [0.1, 0.15) is 17.5 Å². The molecule has 0 saturated heterocycles. The van der Waals surface area contributed by atoms with Gasteiger partial charge in [-0.15, -0.1) is 21.5 Å². The van der Waals surface area contributed by atoms with Crippen molar-refractivity contribution in [3.05, 3.63) is 83.6 Å². The Balaban J connectivity index is 1.20. The molecule has 3 heterocycles. The summed E-state index contributed by atoms with van der Waals surface area (Å²) in [7, 11) is 1.90. The monoisotopic (exact) mass is 486 g/mol. The number of fused-ring (bicyclic) bond motifs is 1. The first kappa shape index (κ1) is 22.2. The predicted molar refractivity (Wildman–Crippen MR) is 137 cm³/mol. The molecule has 3 aromatic heterocycles. The molecule has 170 valence electrons. The molecule has 1 amide bonds. The molecule has 7 nitrogen and oxygen atoms in total. The smallest absolute Gasteiger partial charge is 0.237 e. The highest BCUT2D eigenvalue weighted by molar-refractivity contribution is 8.00. The summed E-state index contributed by atoms with van der Waals surface area (Å²) in [6.07, 6.45) is 4.21. The summed E-state index contributed by atoms with van der Waals surface area (Å²) in [5.41, 5.74) is 3.89. The summed E-state index contributed by atoms with van der Waals surface area (Å²) in [5.74, 6) is 0.651. The molecule has 5 aromatic rings. The van der Waals surface area contributed by atoms with Gasteiger partial charge in [-0.3, -0.25) is 9.78 Å². The lowest BCUT2D eigenvalue weighted by Gasteiger charge is -2.12. The van der Waals surface area contributed by atoms with E-state index in [0.29, 0.717) is 5.16 Å². The van der Waals surface area contributed by atoms with Gasteiger partial charge < -0.3 is 9.88 Å². The van der Waals surface area contributed by atoms with Crippen LogP contribution in [0.3, 0.4) is 0 Å². The van der Waals surface area contributed by atoms with Gasteiger partial charge in [0, 0.05) is 37.1 Å². The molecule has 0 saturated carbocycles. The zero-order valence-corrected chi connectivity index (χ0v) is 20.3. The van der Waals surface area contributed by atoms with Crippen LogP contribution in [0.4, 0.5) is 5.69 Å². The first-order valence-corrected chi connectivity index (χ1v) is 12.5. The molecule has 5 rings (SSSR count). The van der Waals surface area contributed by atoms with Gasteiger partial charge in [-0.2, -0.15) is 0 Å². The zero-order chi connectivity index (χ0) is 23.5. The maximum absolute atomic E-state index is 12.8. The maximum Gasteiger partial charge on any atom is 0.237 e. The third-order valence-electron chi connectivity index (χ3n) is 5.34. The molecular weight excluding hydrogens is 464 g/mol. The van der Waals surface area contributed by atoms with Gasteiger partial charge >= 0.3 is 0 Å². The summed E-state index contributed by atoms with van der Waals surface area (Å²) < 4.78 is 3.09. The number of pyridine rings is 1. The van der Waals surface area contributed by atoms with E-state index in [1.54, 1.807) is 23.7 Å². The molecule has 0 radical (unpaired) electrons. The molecule has 0 aliphatic carbocycles. The highest BCUT2D eigenvalue weighted by Crippen LogP contribution is 2.27. The van der Waals surface area contributed by atoms with Gasteiger partial charge in [-0.25, -0.2) is 4.98 Å². The lowest BCUT2D eigenvalue weighted by atomic mass is 10.1. The lowest BCUT2D eigenvalue weighted by molar-refractivity contribution is -0.115. The van der Waals surface area contributed by atoms with Crippen molar-refractivity contribution >= 4 is 44.9 Å². The lowest BCUT2D eigenvalue weighted by Crippen LogP contribution is -2.22. The molecule has 9 heteroatoms. The fourth-order valence-corrected chi connectivity index (χ4v) is 5.32. The van der Waals surface area contributed by atoms with E-state index in [4.69, 9.17) is 4.98 Å². The molecule has 0 aliphatic heterocycles. The minimum atomic E-state index is -0.337. The SMILES string of the molecule is CC(Sc1nnc(-c2ccncc2)n1C)C(=O)Nc1ccc(Cc2nc3ccccc3s2)cc1. The Bertz CT molecular complexity index is 1400. The number of carbonyl (C=O) groups excluding carboxylic acids is 1. The van der Waals surface area contributed by atoms with E-state index in [-0.39, 0.29) is 11.2 Å². The second-order valence-electron chi connectivity index (χ2n) is 7.80. The number of nitrogens with one attached hydrogen (secondary N) is 1. The topological polar surface area (TPSA) is 85.6 Å². The van der Waals surface area contributed by atoms with Crippen LogP contribution in [0.2, 0.25) is 0 Å². The highest BCUT2D eigenvalue weighted by atomic mass is 32.2. The summed E-state index contributed by atoms with van der Waals surface area (Å²) in [4.78, 5) is 21.5. The number of carbonyl (C=O) groups is 1. The third kappa shape index (κ3) is 4.85. The number of rotatable bonds is 7. The van der Waals surface area contributed by atoms with Gasteiger partial charge in [0.25, 0.3) is 0 Å². The zero-order valence-electron chi connectivity index (χ0n) is 18.7. The Kier molecular flexibility index (Phi) is 6.37. The minimum Gasteiger partial charge on any atom is -0.325 e. The van der Waals surface area contributed by atoms with E-state index < -0.39 is 0 Å². The number of thioether (sulfide) groups is 1. The summed E-state index contributed by atoms with van der Waals surface area (Å²) >= 11 is 3.09. The molecule has 2 aromatic carbocycles. The highest BCUT2D eigenvalue weighted by Gasteiger charge is 2.19. The Morgan fingerprint density at radius 1 is 1.06 bits per heavy atom. The standard InChI is InChI=1S/C25H22N6OS2/c1-16(33-25-30-29-23(31(25)2)18-11-13-26-14-12-18)24(32)27-19-9-7-17(8-10-19)15-22-28-20-5-3-4-6-21(20)34-22/h3-14,16H,15H2,1-2H3,(H,27,32). The number of para-hydroxylation sites is 1. The molecule has 0 spiro atoms. The van der Waals surface area contributed by atoms with Crippen LogP contribution in [0, 0.1) is 0 Å². The molecular formula is C25H22N6OS2. The van der Waals surface area contributed by atoms with Crippen molar-refractivity contribution in [3.8, 4) is 11.4 Å². The largest absolute Gasteiger partial charge is 0.325 e. The van der Waals surface area contributed by atoms with Crippen LogP contribution in [0.5, 0.6) is 0 Å². The molecule has 1 atom stereocenters. The van der Waals surface area contributed by atoms with Crippen LogP contribution >= 0.6 is 23.1 Å². The number of anilines is 1. The van der Waals surface area contributed by atoms with Gasteiger partial charge in [0.15, 0.2) is 11.0 Å². The van der Waals surface area contributed by atoms with Crippen molar-refractivity contribution in [1.82, 2.24) is 24.7 Å². The number of amides is 1. The Morgan fingerprint density at radius 2 is 1.82 bits per heavy atom. The minimum absolute atomic E-state index is 0.0858. The van der Waals surface area contributed by atoms with Crippen molar-refractivity contribution in [2.75, 3.05) is 5.32 Å². The predicted octanol–water partition coefficient (Wildman–Crippen LogP) is 5.20. The Hall–Kier alpha value is -3.56. The second kappa shape index (κ2) is 9.74. The van der Waals surface area contributed by atoms with Crippen LogP contribution in [0.25, 0.3) is 21.6 Å². The molecule has 0 aliphatic rings. The van der Waals surface area contributed by atoms with Crippen molar-refractivity contribution in [2.24, 2.45) is 7.05 Å². The number of thiazole rings is 1. The van der Waals surface area contributed by atoms with Crippen LogP contribution < -0.4 is 5.32 Å². The number of benzene rings is 2. The number of aromatic nitrogens is 5. The van der Waals surface area contributed by atoms with E-state index in [1.165, 1.54) is 16.5 Å². The van der Waals surface area contributed by atoms with E-state index in [0.717, 1.165) is 39.6 Å². The fraction of sp³-hybridized carbons (Fsp3) is 0.160. The van der Waals surface area contributed by atoms with E-state index in [2.05, 4.69) is 26.6 Å². The van der Waals surface area contributed by atoms with E-state index in [1.807, 2.05) is 73.1 Å². The summed E-state index contributed by atoms with van der Waals surface area (Å²) in [5, 5.41) is 12.9. The van der Waals surface area contributed by atoms with Crippen molar-refractivity contribution in [1.29, 1.82) is 0 Å². The quantitative estimate of drug-likeness (QED) is 0.318. The van der Waals surface area contributed by atoms with Crippen molar-refractivity contribution in [3.63, 3.8) is 0 Å². The van der Waals surface area contributed by atoms with E-state index in [9.17, 15) is 4.79 Å². The molecule has 34 heavy (non-hydrogen) atoms. The first-order chi connectivity index (χ1) is 16.6. The van der Waals surface area contributed by atoms with Crippen LogP contribution in [-0.2, 0) is 18.3 Å². The van der Waals surface area contributed by atoms with Crippen LogP contribution in [-0.4, -0.2) is 35.9 Å². The molecule has 0 fully saturated rings. The van der Waals surface area contributed by atoms with Crippen molar-refractivity contribution < 1.29 is 4.79 Å². The normalized spacial score (nSPS) is 12.1. The Morgan fingerprint density at radius 3 is 2.59 bits per heavy atom. The molecule has 1 N–H and O–H groups in total. The molecule has 0 bridgehead atoms. The average Bonchev–Trinajstić information content (AvgIpc) is 3.43. The summed E-state index contributed by atoms with van der Waals surface area (Å²) in [6.45, 7) is 1.86. The number of hydrogen-bond acceptors (Lipinski definition) is 7.